The number of ether oxygens (including phenoxy) is 1. The monoisotopic (exact) mass is 154 g/mol. The maximum Gasteiger partial charge on any atom is 0.0805 e. The van der Waals surface area contributed by atoms with Crippen LogP contribution in [0.5, 0.6) is 0 Å². The predicted molar refractivity (Wildman–Crippen MR) is 43.0 cm³/mol. The highest BCUT2D eigenvalue weighted by Crippen LogP contribution is 2.36. The van der Waals surface area contributed by atoms with Gasteiger partial charge in [-0.3, -0.25) is 0 Å². The van der Waals surface area contributed by atoms with Gasteiger partial charge in [-0.2, -0.15) is 0 Å². The molecule has 0 amide bonds. The zero-order valence-corrected chi connectivity index (χ0v) is 6.84. The Kier molecular flexibility index (Phi) is 2.53. The number of hydrogen-bond acceptors (Lipinski definition) is 2. The van der Waals surface area contributed by atoms with Crippen LogP contribution in [0.3, 0.4) is 0 Å². The van der Waals surface area contributed by atoms with E-state index in [0.29, 0.717) is 19.3 Å². The van der Waals surface area contributed by atoms with Gasteiger partial charge < -0.3 is 9.84 Å². The molecule has 0 spiro atoms. The molecule has 0 aromatic heterocycles. The van der Waals surface area contributed by atoms with Crippen molar-refractivity contribution >= 4 is 0 Å². The smallest absolute Gasteiger partial charge is 0.0805 e. The first-order chi connectivity index (χ1) is 5.20. The van der Waals surface area contributed by atoms with Gasteiger partial charge in [0.15, 0.2) is 0 Å². The SMILES string of the molecule is C#CCC1(O)CC(OCC)C1. The highest BCUT2D eigenvalue weighted by Gasteiger charge is 2.42. The van der Waals surface area contributed by atoms with Gasteiger partial charge in [0.25, 0.3) is 0 Å². The summed E-state index contributed by atoms with van der Waals surface area (Å²) in [5.41, 5.74) is -0.616. The third-order valence-corrected chi connectivity index (χ3v) is 2.05. The molecular formula is C9H14O2. The highest BCUT2D eigenvalue weighted by molar-refractivity contribution is 5.03. The van der Waals surface area contributed by atoms with E-state index in [1.165, 1.54) is 0 Å². The van der Waals surface area contributed by atoms with E-state index in [1.54, 1.807) is 0 Å². The molecule has 0 radical (unpaired) electrons. The van der Waals surface area contributed by atoms with Gasteiger partial charge in [-0.25, -0.2) is 0 Å². The van der Waals surface area contributed by atoms with Crippen molar-refractivity contribution in [2.75, 3.05) is 6.61 Å². The van der Waals surface area contributed by atoms with Crippen LogP contribution in [-0.4, -0.2) is 23.4 Å². The number of rotatable bonds is 3. The summed E-state index contributed by atoms with van der Waals surface area (Å²) in [7, 11) is 0. The Morgan fingerprint density at radius 1 is 1.73 bits per heavy atom. The second kappa shape index (κ2) is 3.25. The molecule has 1 saturated carbocycles. The lowest BCUT2D eigenvalue weighted by molar-refractivity contribution is -0.133. The summed E-state index contributed by atoms with van der Waals surface area (Å²) in [5, 5.41) is 9.58. The van der Waals surface area contributed by atoms with Crippen molar-refractivity contribution < 1.29 is 9.84 Å². The molecule has 2 nitrogen and oxygen atoms in total. The van der Waals surface area contributed by atoms with Crippen molar-refractivity contribution in [2.24, 2.45) is 0 Å². The molecule has 1 fully saturated rings. The van der Waals surface area contributed by atoms with Crippen LogP contribution < -0.4 is 0 Å². The van der Waals surface area contributed by atoms with E-state index in [9.17, 15) is 5.11 Å². The first-order valence-corrected chi connectivity index (χ1v) is 3.97. The minimum atomic E-state index is -0.616. The van der Waals surface area contributed by atoms with Crippen molar-refractivity contribution in [1.82, 2.24) is 0 Å². The molecule has 1 rings (SSSR count). The summed E-state index contributed by atoms with van der Waals surface area (Å²) in [6.07, 6.45) is 7.18. The van der Waals surface area contributed by atoms with E-state index in [4.69, 9.17) is 11.2 Å². The molecule has 0 heterocycles. The van der Waals surface area contributed by atoms with E-state index >= 15 is 0 Å². The Bertz CT molecular complexity index is 163. The maximum atomic E-state index is 9.58. The topological polar surface area (TPSA) is 29.5 Å². The van der Waals surface area contributed by atoms with Crippen LogP contribution in [0.25, 0.3) is 0 Å². The molecule has 0 aliphatic heterocycles. The molecule has 1 N–H and O–H groups in total. The van der Waals surface area contributed by atoms with Crippen LogP contribution in [0.15, 0.2) is 0 Å². The molecule has 11 heavy (non-hydrogen) atoms. The van der Waals surface area contributed by atoms with Crippen molar-refractivity contribution in [3.05, 3.63) is 0 Å². The molecule has 62 valence electrons. The summed E-state index contributed by atoms with van der Waals surface area (Å²) in [6, 6.07) is 0. The first-order valence-electron chi connectivity index (χ1n) is 3.97. The zero-order chi connectivity index (χ0) is 8.32. The Morgan fingerprint density at radius 2 is 2.36 bits per heavy atom. The fourth-order valence-electron chi connectivity index (χ4n) is 1.48. The van der Waals surface area contributed by atoms with Crippen molar-refractivity contribution in [3.8, 4) is 12.3 Å². The molecule has 2 heteroatoms. The maximum absolute atomic E-state index is 9.58. The second-order valence-corrected chi connectivity index (χ2v) is 3.09. The zero-order valence-electron chi connectivity index (χ0n) is 6.84. The van der Waals surface area contributed by atoms with Gasteiger partial charge in [-0.15, -0.1) is 12.3 Å². The largest absolute Gasteiger partial charge is 0.389 e. The molecule has 0 unspecified atom stereocenters. The van der Waals surface area contributed by atoms with Crippen molar-refractivity contribution in [3.63, 3.8) is 0 Å². The van der Waals surface area contributed by atoms with Crippen LogP contribution in [0.1, 0.15) is 26.2 Å². The second-order valence-electron chi connectivity index (χ2n) is 3.09. The van der Waals surface area contributed by atoms with E-state index in [2.05, 4.69) is 5.92 Å². The number of aliphatic hydroxyl groups is 1. The Morgan fingerprint density at radius 3 is 2.82 bits per heavy atom. The fourth-order valence-corrected chi connectivity index (χ4v) is 1.48. The Labute approximate surface area is 67.6 Å². The number of hydrogen-bond donors (Lipinski definition) is 1. The van der Waals surface area contributed by atoms with Crippen LogP contribution in [-0.2, 0) is 4.74 Å². The molecular weight excluding hydrogens is 140 g/mol. The van der Waals surface area contributed by atoms with Gasteiger partial charge >= 0.3 is 0 Å². The third kappa shape index (κ3) is 1.95. The molecule has 0 bridgehead atoms. The van der Waals surface area contributed by atoms with Gasteiger partial charge in [-0.1, -0.05) is 0 Å². The van der Waals surface area contributed by atoms with Gasteiger partial charge in [0.1, 0.15) is 0 Å². The van der Waals surface area contributed by atoms with Crippen LogP contribution in [0.4, 0.5) is 0 Å². The molecule has 1 aliphatic carbocycles. The molecule has 0 aromatic carbocycles. The normalized spacial score (nSPS) is 35.9. The minimum absolute atomic E-state index is 0.235. The molecule has 1 aliphatic rings. The van der Waals surface area contributed by atoms with Crippen LogP contribution >= 0.6 is 0 Å². The quantitative estimate of drug-likeness (QED) is 0.613. The molecule has 0 atom stereocenters. The van der Waals surface area contributed by atoms with E-state index in [1.807, 2.05) is 6.92 Å². The Hall–Kier alpha value is -0.520. The third-order valence-electron chi connectivity index (χ3n) is 2.05. The van der Waals surface area contributed by atoms with Gasteiger partial charge in [-0.05, 0) is 6.92 Å². The van der Waals surface area contributed by atoms with Crippen LogP contribution in [0, 0.1) is 12.3 Å². The van der Waals surface area contributed by atoms with E-state index < -0.39 is 5.60 Å². The fraction of sp³-hybridized carbons (Fsp3) is 0.778. The summed E-state index contributed by atoms with van der Waals surface area (Å²) < 4.78 is 5.29. The van der Waals surface area contributed by atoms with E-state index in [-0.39, 0.29) is 6.10 Å². The average Bonchev–Trinajstić information content (AvgIpc) is 1.85. The van der Waals surface area contributed by atoms with Crippen molar-refractivity contribution in [2.45, 2.75) is 37.9 Å². The molecule has 0 aromatic rings. The minimum Gasteiger partial charge on any atom is -0.389 e. The van der Waals surface area contributed by atoms with Gasteiger partial charge in [0.2, 0.25) is 0 Å². The lowest BCUT2D eigenvalue weighted by Gasteiger charge is -2.42. The summed E-state index contributed by atoms with van der Waals surface area (Å²) in [5.74, 6) is 2.47. The van der Waals surface area contributed by atoms with Crippen LogP contribution in [0.2, 0.25) is 0 Å². The summed E-state index contributed by atoms with van der Waals surface area (Å²) in [4.78, 5) is 0. The van der Waals surface area contributed by atoms with Gasteiger partial charge in [0.05, 0.1) is 11.7 Å². The standard InChI is InChI=1S/C9H14O2/c1-3-5-9(10)6-8(7-9)11-4-2/h1,8,10H,4-7H2,2H3. The highest BCUT2D eigenvalue weighted by atomic mass is 16.5. The van der Waals surface area contributed by atoms with Crippen molar-refractivity contribution in [1.29, 1.82) is 0 Å². The first kappa shape index (κ1) is 8.58. The summed E-state index contributed by atoms with van der Waals surface area (Å²) >= 11 is 0. The molecule has 0 saturated heterocycles. The lowest BCUT2D eigenvalue weighted by atomic mass is 9.75. The van der Waals surface area contributed by atoms with E-state index in [0.717, 1.165) is 6.61 Å². The summed E-state index contributed by atoms with van der Waals surface area (Å²) in [6.45, 7) is 2.68. The van der Waals surface area contributed by atoms with Gasteiger partial charge in [0, 0.05) is 25.9 Å². The Balaban J connectivity index is 2.22. The number of terminal acetylenes is 1. The lowest BCUT2D eigenvalue weighted by Crippen LogP contribution is -2.48. The predicted octanol–water partition coefficient (Wildman–Crippen LogP) is 0.940. The average molecular weight is 154 g/mol.